The number of aliphatic hydroxyl groups is 2. The molecule has 3 aromatic carbocycles. The molecule has 6 rings (SSSR count). The predicted octanol–water partition coefficient (Wildman–Crippen LogP) is 2.78. The molecule has 2 N–H and O–H groups in total. The summed E-state index contributed by atoms with van der Waals surface area (Å²) in [6.07, 6.45) is -1.84. The van der Waals surface area contributed by atoms with Crippen molar-refractivity contribution in [2.45, 2.75) is 30.1 Å². The second-order valence-corrected chi connectivity index (χ2v) is 10.3. The fourth-order valence-corrected chi connectivity index (χ4v) is 5.56. The van der Waals surface area contributed by atoms with Crippen LogP contribution < -0.4 is 15.0 Å². The molecule has 0 unspecified atom stereocenters. The highest BCUT2D eigenvalue weighted by atomic mass is 16.6. The molecule has 11 heteroatoms. The van der Waals surface area contributed by atoms with Gasteiger partial charge in [0.25, 0.3) is 5.56 Å². The first kappa shape index (κ1) is 28.6. The molecule has 4 atom stereocenters. The summed E-state index contributed by atoms with van der Waals surface area (Å²) in [5, 5.41) is 22.2. The largest absolute Gasteiger partial charge is 0.497 e. The van der Waals surface area contributed by atoms with Crippen molar-refractivity contribution in [1.82, 2.24) is 19.1 Å². The minimum Gasteiger partial charge on any atom is -0.497 e. The Morgan fingerprint density at radius 1 is 0.814 bits per heavy atom. The third-order valence-corrected chi connectivity index (χ3v) is 7.89. The zero-order valence-corrected chi connectivity index (χ0v) is 23.9. The molecule has 2 aromatic heterocycles. The molecule has 0 bridgehead atoms. The zero-order chi connectivity index (χ0) is 30.1. The Morgan fingerprint density at radius 2 is 1.40 bits per heavy atom. The number of methoxy groups -OCH3 is 2. The Hall–Kier alpha value is -4.55. The van der Waals surface area contributed by atoms with E-state index in [1.807, 2.05) is 78.9 Å². The standard InChI is InChI=1S/C32H32N4O7/c1-35-18-34-29-26(30(35)39)33-19-36(29)31-28(38)27(37)25(43-31)17-42-32(20-7-5-4-6-8-20,21-9-13-23(40-2)14-10-21)22-11-15-24(41-3)16-12-22/h4-16,18-19,25,27-28,31,37-38H,17H2,1-3H3/t25-,27-,28-,31-/m1/s1. The Bertz CT molecular complexity index is 1710. The third kappa shape index (κ3) is 4.96. The zero-order valence-electron chi connectivity index (χ0n) is 23.9. The van der Waals surface area contributed by atoms with E-state index in [1.165, 1.54) is 21.8 Å². The van der Waals surface area contributed by atoms with Crippen LogP contribution in [-0.4, -0.2) is 68.5 Å². The molecule has 1 aliphatic heterocycles. The van der Waals surface area contributed by atoms with Crippen LogP contribution in [-0.2, 0) is 22.1 Å². The highest BCUT2D eigenvalue weighted by molar-refractivity contribution is 5.69. The summed E-state index contributed by atoms with van der Waals surface area (Å²) >= 11 is 0. The SMILES string of the molecule is COc1ccc(C(OC[C@H]2O[C@@H](n3cnc4c(=O)n(C)cnc43)[C@H](O)[C@@H]2O)(c2ccccc2)c2ccc(OC)cc2)cc1. The fraction of sp³-hybridized carbons (Fsp3) is 0.281. The molecule has 43 heavy (non-hydrogen) atoms. The predicted molar refractivity (Wildman–Crippen MR) is 157 cm³/mol. The summed E-state index contributed by atoms with van der Waals surface area (Å²) < 4.78 is 26.6. The smallest absolute Gasteiger partial charge is 0.281 e. The molecule has 0 saturated carbocycles. The van der Waals surface area contributed by atoms with Crippen molar-refractivity contribution in [3.63, 3.8) is 0 Å². The quantitative estimate of drug-likeness (QED) is 0.251. The van der Waals surface area contributed by atoms with E-state index in [0.717, 1.165) is 16.7 Å². The summed E-state index contributed by atoms with van der Waals surface area (Å²) in [5.74, 6) is 1.38. The van der Waals surface area contributed by atoms with Crippen LogP contribution in [0.15, 0.2) is 96.3 Å². The van der Waals surface area contributed by atoms with Crippen molar-refractivity contribution in [3.8, 4) is 11.5 Å². The first-order valence-electron chi connectivity index (χ1n) is 13.8. The van der Waals surface area contributed by atoms with Crippen LogP contribution >= 0.6 is 0 Å². The molecular formula is C32H32N4O7. The number of nitrogens with zero attached hydrogens (tertiary/aromatic N) is 4. The number of hydrogen-bond acceptors (Lipinski definition) is 9. The summed E-state index contributed by atoms with van der Waals surface area (Å²) in [5.41, 5.74) is 1.39. The van der Waals surface area contributed by atoms with Gasteiger partial charge in [0, 0.05) is 7.05 Å². The lowest BCUT2D eigenvalue weighted by Gasteiger charge is -2.37. The lowest BCUT2D eigenvalue weighted by molar-refractivity contribution is -0.0942. The Labute approximate surface area is 247 Å². The number of aromatic nitrogens is 4. The summed E-state index contributed by atoms with van der Waals surface area (Å²) in [4.78, 5) is 21.0. The molecule has 11 nitrogen and oxygen atoms in total. The van der Waals surface area contributed by atoms with Crippen LogP contribution in [0.3, 0.4) is 0 Å². The molecule has 222 valence electrons. The number of imidazole rings is 1. The van der Waals surface area contributed by atoms with Gasteiger partial charge in [-0.05, 0) is 41.0 Å². The van der Waals surface area contributed by atoms with Crippen molar-refractivity contribution in [2.24, 2.45) is 7.05 Å². The third-order valence-electron chi connectivity index (χ3n) is 7.89. The van der Waals surface area contributed by atoms with Gasteiger partial charge in [-0.15, -0.1) is 0 Å². The molecular weight excluding hydrogens is 552 g/mol. The van der Waals surface area contributed by atoms with E-state index in [-0.39, 0.29) is 23.3 Å². The van der Waals surface area contributed by atoms with Gasteiger partial charge in [-0.2, -0.15) is 0 Å². The summed E-state index contributed by atoms with van der Waals surface area (Å²) in [6, 6.07) is 24.9. The maximum absolute atomic E-state index is 12.5. The number of hydrogen-bond donors (Lipinski definition) is 2. The van der Waals surface area contributed by atoms with E-state index in [2.05, 4.69) is 9.97 Å². The summed E-state index contributed by atoms with van der Waals surface area (Å²) in [6.45, 7) is -0.0937. The molecule has 1 aliphatic rings. The lowest BCUT2D eigenvalue weighted by Crippen LogP contribution is -2.39. The van der Waals surface area contributed by atoms with Crippen molar-refractivity contribution < 1.29 is 29.2 Å². The number of fused-ring (bicyclic) bond motifs is 1. The minimum absolute atomic E-state index is 0.0937. The van der Waals surface area contributed by atoms with Gasteiger partial charge in [0.05, 0.1) is 33.5 Å². The van der Waals surface area contributed by atoms with Crippen LogP contribution in [0.2, 0.25) is 0 Å². The second kappa shape index (κ2) is 11.6. The molecule has 0 radical (unpaired) electrons. The number of ether oxygens (including phenoxy) is 4. The molecule has 0 spiro atoms. The first-order valence-corrected chi connectivity index (χ1v) is 13.8. The molecule has 0 aliphatic carbocycles. The monoisotopic (exact) mass is 584 g/mol. The van der Waals surface area contributed by atoms with Gasteiger partial charge in [-0.3, -0.25) is 9.36 Å². The average molecular weight is 585 g/mol. The highest BCUT2D eigenvalue weighted by Crippen LogP contribution is 2.43. The van der Waals surface area contributed by atoms with Gasteiger partial charge in [-0.25, -0.2) is 9.97 Å². The molecule has 1 fully saturated rings. The number of benzene rings is 3. The van der Waals surface area contributed by atoms with E-state index in [9.17, 15) is 15.0 Å². The van der Waals surface area contributed by atoms with E-state index < -0.39 is 30.1 Å². The molecule has 3 heterocycles. The van der Waals surface area contributed by atoms with E-state index in [0.29, 0.717) is 11.5 Å². The molecule has 0 amide bonds. The minimum atomic E-state index is -1.33. The average Bonchev–Trinajstić information content (AvgIpc) is 3.61. The Morgan fingerprint density at radius 3 is 1.98 bits per heavy atom. The number of aliphatic hydroxyl groups excluding tert-OH is 2. The first-order chi connectivity index (χ1) is 20.9. The number of rotatable bonds is 9. The Kier molecular flexibility index (Phi) is 7.72. The maximum atomic E-state index is 12.5. The van der Waals surface area contributed by atoms with E-state index in [1.54, 1.807) is 21.3 Å². The van der Waals surface area contributed by atoms with Crippen LogP contribution in [0, 0.1) is 0 Å². The van der Waals surface area contributed by atoms with E-state index >= 15 is 0 Å². The topological polar surface area (TPSA) is 130 Å². The van der Waals surface area contributed by atoms with Gasteiger partial charge in [0.15, 0.2) is 17.4 Å². The van der Waals surface area contributed by atoms with Gasteiger partial charge in [-0.1, -0.05) is 54.6 Å². The van der Waals surface area contributed by atoms with Crippen LogP contribution in [0.1, 0.15) is 22.9 Å². The van der Waals surface area contributed by atoms with E-state index in [4.69, 9.17) is 18.9 Å². The fourth-order valence-electron chi connectivity index (χ4n) is 5.56. The van der Waals surface area contributed by atoms with Crippen molar-refractivity contribution in [3.05, 3.63) is 119 Å². The summed E-state index contributed by atoms with van der Waals surface area (Å²) in [7, 11) is 4.80. The van der Waals surface area contributed by atoms with Gasteiger partial charge in [0.2, 0.25) is 0 Å². The van der Waals surface area contributed by atoms with Crippen molar-refractivity contribution >= 4 is 11.2 Å². The second-order valence-electron chi connectivity index (χ2n) is 10.3. The Balaban J connectivity index is 1.39. The van der Waals surface area contributed by atoms with Gasteiger partial charge >= 0.3 is 0 Å². The van der Waals surface area contributed by atoms with Gasteiger partial charge in [0.1, 0.15) is 35.4 Å². The maximum Gasteiger partial charge on any atom is 0.281 e. The normalized spacial score (nSPS) is 20.4. The molecule has 1 saturated heterocycles. The van der Waals surface area contributed by atoms with Crippen LogP contribution in [0.5, 0.6) is 11.5 Å². The molecule has 5 aromatic rings. The lowest BCUT2D eigenvalue weighted by atomic mass is 9.80. The number of aryl methyl sites for hydroxylation is 1. The van der Waals surface area contributed by atoms with Gasteiger partial charge < -0.3 is 33.7 Å². The van der Waals surface area contributed by atoms with Crippen LogP contribution in [0.25, 0.3) is 11.2 Å². The van der Waals surface area contributed by atoms with Crippen molar-refractivity contribution in [2.75, 3.05) is 20.8 Å². The highest BCUT2D eigenvalue weighted by Gasteiger charge is 2.47. The van der Waals surface area contributed by atoms with Crippen molar-refractivity contribution in [1.29, 1.82) is 0 Å². The van der Waals surface area contributed by atoms with Crippen LogP contribution in [0.4, 0.5) is 0 Å².